The van der Waals surface area contributed by atoms with Gasteiger partial charge in [0.1, 0.15) is 5.82 Å². The number of nitrogens with zero attached hydrogens (tertiary/aromatic N) is 4. The summed E-state index contributed by atoms with van der Waals surface area (Å²) < 4.78 is 1.69. The van der Waals surface area contributed by atoms with Crippen LogP contribution in [-0.2, 0) is 11.8 Å². The van der Waals surface area contributed by atoms with Crippen LogP contribution in [-0.4, -0.2) is 38.1 Å². The molecule has 1 aliphatic rings. The number of amides is 2. The van der Waals surface area contributed by atoms with Crippen molar-refractivity contribution in [2.75, 3.05) is 0 Å². The van der Waals surface area contributed by atoms with Crippen molar-refractivity contribution in [3.63, 3.8) is 0 Å². The normalized spacial score (nSPS) is 15.4. The first-order valence-electron chi connectivity index (χ1n) is 8.77. The Labute approximate surface area is 160 Å². The molecular formula is C21H16N4O3. The molecule has 2 amide bonds. The molecule has 0 spiro atoms. The molecule has 0 bridgehead atoms. The van der Waals surface area contributed by atoms with Gasteiger partial charge in [-0.05, 0) is 31.2 Å². The third-order valence-corrected chi connectivity index (χ3v) is 5.12. The number of imide groups is 1. The molecule has 3 aromatic rings. The maximum Gasteiger partial charge on any atom is 0.262 e. The van der Waals surface area contributed by atoms with Gasteiger partial charge in [-0.15, -0.1) is 0 Å². The second kappa shape index (κ2) is 6.43. The number of carbonyl (C=O) groups is 3. The van der Waals surface area contributed by atoms with Crippen LogP contribution in [0.2, 0.25) is 0 Å². The molecule has 7 heteroatoms. The number of para-hydroxylation sites is 2. The zero-order valence-electron chi connectivity index (χ0n) is 15.3. The first-order valence-corrected chi connectivity index (χ1v) is 8.77. The first-order chi connectivity index (χ1) is 13.5. The van der Waals surface area contributed by atoms with Gasteiger partial charge in [0.25, 0.3) is 11.8 Å². The highest BCUT2D eigenvalue weighted by Gasteiger charge is 2.43. The zero-order valence-corrected chi connectivity index (χ0v) is 15.3. The number of hydrogen-bond donors (Lipinski definition) is 0. The quantitative estimate of drug-likeness (QED) is 0.656. The van der Waals surface area contributed by atoms with Gasteiger partial charge in [0.05, 0.1) is 34.3 Å². The largest absolute Gasteiger partial charge is 0.330 e. The minimum absolute atomic E-state index is 0.267. The maximum atomic E-state index is 13.1. The Morgan fingerprint density at radius 1 is 1.04 bits per heavy atom. The van der Waals surface area contributed by atoms with E-state index in [1.54, 1.807) is 41.9 Å². The molecule has 0 saturated heterocycles. The lowest BCUT2D eigenvalue weighted by Gasteiger charge is -2.23. The summed E-state index contributed by atoms with van der Waals surface area (Å²) in [6, 6.07) is 14.7. The Balaban J connectivity index is 1.70. The number of ketones is 1. The number of aromatic nitrogens is 2. The topological polar surface area (TPSA) is 96.1 Å². The summed E-state index contributed by atoms with van der Waals surface area (Å²) in [5, 5.41) is 9.68. The van der Waals surface area contributed by atoms with Gasteiger partial charge in [-0.2, -0.15) is 5.26 Å². The minimum Gasteiger partial charge on any atom is -0.330 e. The number of carbonyl (C=O) groups excluding carboxylic acids is 3. The van der Waals surface area contributed by atoms with Crippen molar-refractivity contribution in [3.05, 3.63) is 65.5 Å². The Bertz CT molecular complexity index is 1150. The average molecular weight is 372 g/mol. The van der Waals surface area contributed by atoms with Crippen LogP contribution in [0.4, 0.5) is 0 Å². The number of aryl methyl sites for hydroxylation is 1. The summed E-state index contributed by atoms with van der Waals surface area (Å²) in [5.74, 6) is -2.50. The van der Waals surface area contributed by atoms with Gasteiger partial charge in [-0.1, -0.05) is 24.3 Å². The second-order valence-corrected chi connectivity index (χ2v) is 6.68. The van der Waals surface area contributed by atoms with Crippen molar-refractivity contribution in [1.29, 1.82) is 5.26 Å². The van der Waals surface area contributed by atoms with E-state index in [0.29, 0.717) is 5.52 Å². The Morgan fingerprint density at radius 3 is 2.18 bits per heavy atom. The van der Waals surface area contributed by atoms with Crippen molar-refractivity contribution in [2.45, 2.75) is 18.9 Å². The Morgan fingerprint density at radius 2 is 1.61 bits per heavy atom. The van der Waals surface area contributed by atoms with Gasteiger partial charge in [0, 0.05) is 7.05 Å². The van der Waals surface area contributed by atoms with E-state index in [1.807, 2.05) is 24.3 Å². The highest BCUT2D eigenvalue weighted by atomic mass is 16.2. The zero-order chi connectivity index (χ0) is 20.0. The number of rotatable bonds is 4. The van der Waals surface area contributed by atoms with Crippen molar-refractivity contribution in [2.24, 2.45) is 7.05 Å². The van der Waals surface area contributed by atoms with Crippen LogP contribution in [0.15, 0.2) is 48.5 Å². The third-order valence-electron chi connectivity index (χ3n) is 5.12. The standard InChI is InChI=1S/C21H16N4O3/c1-12(25-20(27)13-7-3-4-8-14(13)21(25)28)18(26)15(11-22)19-23-16-9-5-6-10-17(16)24(19)2/h3-10,12,15H,1-2H3. The van der Waals surface area contributed by atoms with Crippen LogP contribution < -0.4 is 0 Å². The number of fused-ring (bicyclic) bond motifs is 2. The number of benzene rings is 2. The summed E-state index contributed by atoms with van der Waals surface area (Å²) in [4.78, 5) is 43.8. The Hall–Kier alpha value is -3.79. The molecule has 0 radical (unpaired) electrons. The second-order valence-electron chi connectivity index (χ2n) is 6.68. The molecular weight excluding hydrogens is 356 g/mol. The molecule has 0 saturated carbocycles. The fourth-order valence-corrected chi connectivity index (χ4v) is 3.60. The van der Waals surface area contributed by atoms with Crippen LogP contribution in [0.1, 0.15) is 39.4 Å². The SMILES string of the molecule is CC(C(=O)C(C#N)c1nc2ccccc2n1C)N1C(=O)c2ccccc2C1=O. The van der Waals surface area contributed by atoms with E-state index < -0.39 is 29.6 Å². The fourth-order valence-electron chi connectivity index (χ4n) is 3.60. The molecule has 28 heavy (non-hydrogen) atoms. The molecule has 2 unspecified atom stereocenters. The summed E-state index contributed by atoms with van der Waals surface area (Å²) in [5.41, 5.74) is 1.99. The fraction of sp³-hybridized carbons (Fsp3) is 0.190. The third kappa shape index (κ3) is 2.42. The maximum absolute atomic E-state index is 13.1. The lowest BCUT2D eigenvalue weighted by Crippen LogP contribution is -2.44. The lowest BCUT2D eigenvalue weighted by molar-refractivity contribution is -0.122. The van der Waals surface area contributed by atoms with Gasteiger partial charge in [0.15, 0.2) is 11.7 Å². The van der Waals surface area contributed by atoms with E-state index in [4.69, 9.17) is 0 Å². The van der Waals surface area contributed by atoms with E-state index >= 15 is 0 Å². The molecule has 0 aliphatic carbocycles. The molecule has 2 aromatic carbocycles. The molecule has 0 N–H and O–H groups in total. The van der Waals surface area contributed by atoms with Crippen molar-refractivity contribution >= 4 is 28.6 Å². The van der Waals surface area contributed by atoms with E-state index in [-0.39, 0.29) is 17.0 Å². The summed E-state index contributed by atoms with van der Waals surface area (Å²) in [6.07, 6.45) is 0. The number of Topliss-reactive ketones (excluding diaryl/α,β-unsaturated/α-hetero) is 1. The van der Waals surface area contributed by atoms with E-state index in [2.05, 4.69) is 4.98 Å². The molecule has 0 fully saturated rings. The molecule has 2 atom stereocenters. The van der Waals surface area contributed by atoms with Gasteiger partial charge < -0.3 is 4.57 Å². The molecule has 1 aromatic heterocycles. The predicted molar refractivity (Wildman–Crippen MR) is 100 cm³/mol. The smallest absolute Gasteiger partial charge is 0.262 e. The Kier molecular flexibility index (Phi) is 4.04. The summed E-state index contributed by atoms with van der Waals surface area (Å²) in [6.45, 7) is 1.47. The number of imidazole rings is 1. The summed E-state index contributed by atoms with van der Waals surface area (Å²) in [7, 11) is 1.73. The monoisotopic (exact) mass is 372 g/mol. The lowest BCUT2D eigenvalue weighted by atomic mass is 9.98. The van der Waals surface area contributed by atoms with Crippen molar-refractivity contribution in [1.82, 2.24) is 14.5 Å². The van der Waals surface area contributed by atoms with Gasteiger partial charge in [0.2, 0.25) is 0 Å². The van der Waals surface area contributed by atoms with E-state index in [0.717, 1.165) is 10.4 Å². The van der Waals surface area contributed by atoms with E-state index in [1.165, 1.54) is 6.92 Å². The van der Waals surface area contributed by atoms with Crippen LogP contribution in [0.5, 0.6) is 0 Å². The molecule has 138 valence electrons. The summed E-state index contributed by atoms with van der Waals surface area (Å²) >= 11 is 0. The van der Waals surface area contributed by atoms with Gasteiger partial charge in [-0.3, -0.25) is 19.3 Å². The molecule has 4 rings (SSSR count). The molecule has 1 aliphatic heterocycles. The predicted octanol–water partition coefficient (Wildman–Crippen LogP) is 2.43. The molecule has 2 heterocycles. The van der Waals surface area contributed by atoms with Crippen LogP contribution >= 0.6 is 0 Å². The number of nitriles is 1. The highest BCUT2D eigenvalue weighted by Crippen LogP contribution is 2.28. The van der Waals surface area contributed by atoms with Crippen LogP contribution in [0.25, 0.3) is 11.0 Å². The van der Waals surface area contributed by atoms with Gasteiger partial charge >= 0.3 is 0 Å². The first kappa shape index (κ1) is 17.6. The van der Waals surface area contributed by atoms with Gasteiger partial charge in [-0.25, -0.2) is 4.98 Å². The highest BCUT2D eigenvalue weighted by molar-refractivity contribution is 6.23. The minimum atomic E-state index is -1.20. The average Bonchev–Trinajstić information content (AvgIpc) is 3.17. The van der Waals surface area contributed by atoms with E-state index in [9.17, 15) is 19.6 Å². The van der Waals surface area contributed by atoms with Crippen molar-refractivity contribution < 1.29 is 14.4 Å². The van der Waals surface area contributed by atoms with Crippen molar-refractivity contribution in [3.8, 4) is 6.07 Å². The number of hydrogen-bond acceptors (Lipinski definition) is 5. The van der Waals surface area contributed by atoms with Crippen LogP contribution in [0.3, 0.4) is 0 Å². The van der Waals surface area contributed by atoms with Crippen LogP contribution in [0, 0.1) is 11.3 Å². The molecule has 7 nitrogen and oxygen atoms in total.